The number of carbonyl (C=O) groups excluding carboxylic acids is 1. The van der Waals surface area contributed by atoms with Gasteiger partial charge in [0.15, 0.2) is 0 Å². The Hall–Kier alpha value is -1.62. The topological polar surface area (TPSA) is 58.4 Å². The zero-order chi connectivity index (χ0) is 14.7. The molecule has 1 amide bonds. The zero-order valence-electron chi connectivity index (χ0n) is 12.0. The Kier molecular flexibility index (Phi) is 4.60. The minimum absolute atomic E-state index is 0.107. The molecule has 20 heavy (non-hydrogen) atoms. The number of nitrogens with one attached hydrogen (secondary N) is 1. The van der Waals surface area contributed by atoms with E-state index in [-0.39, 0.29) is 11.6 Å². The fourth-order valence-electron chi connectivity index (χ4n) is 2.67. The van der Waals surface area contributed by atoms with Crippen molar-refractivity contribution in [2.75, 3.05) is 24.1 Å². The summed E-state index contributed by atoms with van der Waals surface area (Å²) in [6, 6.07) is 4.39. The number of halogens is 1. The summed E-state index contributed by atoms with van der Waals surface area (Å²) in [5.41, 5.74) is 6.40. The van der Waals surface area contributed by atoms with Gasteiger partial charge in [-0.05, 0) is 50.4 Å². The number of anilines is 2. The molecule has 0 spiro atoms. The summed E-state index contributed by atoms with van der Waals surface area (Å²) in [5, 5.41) is 2.75. The number of hydrogen-bond donors (Lipinski definition) is 2. The van der Waals surface area contributed by atoms with E-state index in [0.29, 0.717) is 24.2 Å². The maximum absolute atomic E-state index is 13.0. The second-order valence-electron chi connectivity index (χ2n) is 5.61. The number of nitrogens with two attached hydrogens (primary N) is 1. The largest absolute Gasteiger partial charge is 0.397 e. The predicted molar refractivity (Wildman–Crippen MR) is 78.9 cm³/mol. The van der Waals surface area contributed by atoms with Gasteiger partial charge in [0.05, 0.1) is 17.9 Å². The van der Waals surface area contributed by atoms with E-state index in [4.69, 9.17) is 5.73 Å². The van der Waals surface area contributed by atoms with Gasteiger partial charge in [-0.1, -0.05) is 6.92 Å². The molecule has 1 aromatic carbocycles. The van der Waals surface area contributed by atoms with E-state index >= 15 is 0 Å². The van der Waals surface area contributed by atoms with Crippen LogP contribution in [0.1, 0.15) is 26.7 Å². The van der Waals surface area contributed by atoms with Crippen molar-refractivity contribution in [3.63, 3.8) is 0 Å². The van der Waals surface area contributed by atoms with Crippen LogP contribution < -0.4 is 11.1 Å². The first-order chi connectivity index (χ1) is 9.47. The second-order valence-corrected chi connectivity index (χ2v) is 5.61. The minimum Gasteiger partial charge on any atom is -0.397 e. The molecule has 0 bridgehead atoms. The Bertz CT molecular complexity index is 492. The van der Waals surface area contributed by atoms with Crippen LogP contribution in [0.4, 0.5) is 15.8 Å². The summed E-state index contributed by atoms with van der Waals surface area (Å²) < 4.78 is 13.0. The number of benzene rings is 1. The third-order valence-corrected chi connectivity index (χ3v) is 4.14. The molecule has 0 saturated carbocycles. The number of amides is 1. The van der Waals surface area contributed by atoms with Crippen molar-refractivity contribution in [3.05, 3.63) is 24.0 Å². The lowest BCUT2D eigenvalue weighted by Gasteiger charge is -2.37. The van der Waals surface area contributed by atoms with Gasteiger partial charge in [0.1, 0.15) is 5.82 Å². The number of nitrogens with zero attached hydrogens (tertiary/aromatic N) is 1. The van der Waals surface area contributed by atoms with Crippen molar-refractivity contribution in [2.45, 2.75) is 32.7 Å². The van der Waals surface area contributed by atoms with Gasteiger partial charge in [-0.3, -0.25) is 9.69 Å². The maximum atomic E-state index is 13.0. The third-order valence-electron chi connectivity index (χ3n) is 4.14. The van der Waals surface area contributed by atoms with Gasteiger partial charge < -0.3 is 11.1 Å². The number of carbonyl (C=O) groups is 1. The molecular weight excluding hydrogens is 257 g/mol. The average Bonchev–Trinajstić information content (AvgIpc) is 2.38. The van der Waals surface area contributed by atoms with Gasteiger partial charge in [-0.25, -0.2) is 4.39 Å². The Morgan fingerprint density at radius 1 is 1.50 bits per heavy atom. The SMILES string of the molecule is CC1CCCN(CC(=O)Nc2ccc(F)cc2N)C1C. The molecule has 1 aliphatic rings. The molecule has 5 heteroatoms. The smallest absolute Gasteiger partial charge is 0.238 e. The van der Waals surface area contributed by atoms with E-state index in [1.54, 1.807) is 0 Å². The van der Waals surface area contributed by atoms with Gasteiger partial charge in [-0.2, -0.15) is 0 Å². The van der Waals surface area contributed by atoms with Crippen molar-refractivity contribution in [1.82, 2.24) is 4.90 Å². The van der Waals surface area contributed by atoms with Gasteiger partial charge in [-0.15, -0.1) is 0 Å². The van der Waals surface area contributed by atoms with E-state index in [0.717, 1.165) is 13.0 Å². The fourth-order valence-corrected chi connectivity index (χ4v) is 2.67. The molecule has 1 aromatic rings. The molecule has 2 atom stereocenters. The highest BCUT2D eigenvalue weighted by molar-refractivity contribution is 5.95. The lowest BCUT2D eigenvalue weighted by molar-refractivity contribution is -0.118. The zero-order valence-corrected chi connectivity index (χ0v) is 12.0. The van der Waals surface area contributed by atoms with Gasteiger partial charge in [0.25, 0.3) is 0 Å². The molecule has 0 aliphatic carbocycles. The lowest BCUT2D eigenvalue weighted by Crippen LogP contribution is -2.46. The van der Waals surface area contributed by atoms with Crippen LogP contribution in [0.2, 0.25) is 0 Å². The normalized spacial score (nSPS) is 23.6. The first-order valence-corrected chi connectivity index (χ1v) is 7.06. The molecule has 0 radical (unpaired) electrons. The van der Waals surface area contributed by atoms with E-state index < -0.39 is 5.82 Å². The van der Waals surface area contributed by atoms with Gasteiger partial charge in [0.2, 0.25) is 5.91 Å². The molecule has 110 valence electrons. The summed E-state index contributed by atoms with van der Waals surface area (Å²) >= 11 is 0. The molecular formula is C15H22FN3O. The standard InChI is InChI=1S/C15H22FN3O/c1-10-4-3-7-19(11(10)2)9-15(20)18-14-6-5-12(16)8-13(14)17/h5-6,8,10-11H,3-4,7,9,17H2,1-2H3,(H,18,20). The average molecular weight is 279 g/mol. The summed E-state index contributed by atoms with van der Waals surface area (Å²) in [7, 11) is 0. The van der Waals surface area contributed by atoms with Crippen LogP contribution in [0.3, 0.4) is 0 Å². The maximum Gasteiger partial charge on any atom is 0.238 e. The number of likely N-dealkylation sites (tertiary alicyclic amines) is 1. The quantitative estimate of drug-likeness (QED) is 0.836. The second kappa shape index (κ2) is 6.22. The van der Waals surface area contributed by atoms with Crippen LogP contribution in [-0.4, -0.2) is 29.9 Å². The molecule has 0 aromatic heterocycles. The highest BCUT2D eigenvalue weighted by Gasteiger charge is 2.26. The van der Waals surface area contributed by atoms with Gasteiger partial charge in [0, 0.05) is 6.04 Å². The van der Waals surface area contributed by atoms with Crippen molar-refractivity contribution in [3.8, 4) is 0 Å². The summed E-state index contributed by atoms with van der Waals surface area (Å²) in [4.78, 5) is 14.3. The Balaban J connectivity index is 1.95. The number of rotatable bonds is 3. The highest BCUT2D eigenvalue weighted by atomic mass is 19.1. The third kappa shape index (κ3) is 3.48. The first kappa shape index (κ1) is 14.8. The minimum atomic E-state index is -0.404. The van der Waals surface area contributed by atoms with Crippen LogP contribution >= 0.6 is 0 Å². The van der Waals surface area contributed by atoms with E-state index in [2.05, 4.69) is 24.1 Å². The number of nitrogen functional groups attached to an aromatic ring is 1. The molecule has 3 N–H and O–H groups in total. The Labute approximate surface area is 119 Å². The first-order valence-electron chi connectivity index (χ1n) is 7.06. The molecule has 1 heterocycles. The summed E-state index contributed by atoms with van der Waals surface area (Å²) in [6.07, 6.45) is 2.33. The van der Waals surface area contributed by atoms with Crippen LogP contribution in [0, 0.1) is 11.7 Å². The van der Waals surface area contributed by atoms with Gasteiger partial charge >= 0.3 is 0 Å². The number of piperidine rings is 1. The van der Waals surface area contributed by atoms with Crippen LogP contribution in [-0.2, 0) is 4.79 Å². The Morgan fingerprint density at radius 3 is 2.95 bits per heavy atom. The predicted octanol–water partition coefficient (Wildman–Crippen LogP) is 2.47. The van der Waals surface area contributed by atoms with Crippen LogP contribution in [0.15, 0.2) is 18.2 Å². The molecule has 2 rings (SSSR count). The molecule has 1 aliphatic heterocycles. The van der Waals surface area contributed by atoms with Crippen molar-refractivity contribution in [1.29, 1.82) is 0 Å². The van der Waals surface area contributed by atoms with Crippen LogP contribution in [0.5, 0.6) is 0 Å². The van der Waals surface area contributed by atoms with E-state index in [9.17, 15) is 9.18 Å². The summed E-state index contributed by atoms with van der Waals surface area (Å²) in [5.74, 6) is 0.0932. The fraction of sp³-hybridized carbons (Fsp3) is 0.533. The Morgan fingerprint density at radius 2 is 2.25 bits per heavy atom. The molecule has 1 fully saturated rings. The van der Waals surface area contributed by atoms with Crippen molar-refractivity contribution >= 4 is 17.3 Å². The monoisotopic (exact) mass is 279 g/mol. The molecule has 2 unspecified atom stereocenters. The van der Waals surface area contributed by atoms with Crippen LogP contribution in [0.25, 0.3) is 0 Å². The van der Waals surface area contributed by atoms with E-state index in [1.807, 2.05) is 0 Å². The lowest BCUT2D eigenvalue weighted by atomic mass is 9.92. The molecule has 1 saturated heterocycles. The molecule has 4 nitrogen and oxygen atoms in total. The van der Waals surface area contributed by atoms with Crippen molar-refractivity contribution in [2.24, 2.45) is 5.92 Å². The summed E-state index contributed by atoms with van der Waals surface area (Å²) in [6.45, 7) is 5.66. The highest BCUT2D eigenvalue weighted by Crippen LogP contribution is 2.23. The van der Waals surface area contributed by atoms with Crippen molar-refractivity contribution < 1.29 is 9.18 Å². The van der Waals surface area contributed by atoms with E-state index in [1.165, 1.54) is 24.6 Å². The number of hydrogen-bond acceptors (Lipinski definition) is 3.